The Morgan fingerprint density at radius 2 is 1.38 bits per heavy atom. The van der Waals surface area contributed by atoms with Crippen LogP contribution in [0.2, 0.25) is 0 Å². The zero-order valence-electron chi connectivity index (χ0n) is 13.0. The molecule has 1 saturated carbocycles. The first-order valence-corrected chi connectivity index (χ1v) is 7.94. The van der Waals surface area contributed by atoms with E-state index in [-0.39, 0.29) is 18.8 Å². The van der Waals surface area contributed by atoms with Crippen molar-refractivity contribution in [1.82, 2.24) is 4.90 Å². The number of carbonyl (C=O) groups excluding carboxylic acids is 2. The minimum absolute atomic E-state index is 0.0139. The van der Waals surface area contributed by atoms with E-state index in [0.717, 1.165) is 13.1 Å². The molecule has 0 aromatic heterocycles. The van der Waals surface area contributed by atoms with E-state index in [2.05, 4.69) is 4.90 Å². The van der Waals surface area contributed by atoms with Gasteiger partial charge in [0.1, 0.15) is 0 Å². The van der Waals surface area contributed by atoms with E-state index in [1.807, 2.05) is 0 Å². The second kappa shape index (κ2) is 7.48. The Balaban J connectivity index is 2.14. The van der Waals surface area contributed by atoms with Crippen LogP contribution in [0.3, 0.4) is 0 Å². The van der Waals surface area contributed by atoms with E-state index < -0.39 is 11.9 Å². The number of hydrogen-bond donors (Lipinski definition) is 0. The van der Waals surface area contributed by atoms with Crippen molar-refractivity contribution in [1.29, 1.82) is 0 Å². The molecule has 0 amide bonds. The average molecular weight is 295 g/mol. The van der Waals surface area contributed by atoms with Crippen LogP contribution in [-0.2, 0) is 19.1 Å². The summed E-state index contributed by atoms with van der Waals surface area (Å²) in [5.41, 5.74) is 0.0139. The summed E-state index contributed by atoms with van der Waals surface area (Å²) in [5, 5.41) is 0. The Kier molecular flexibility index (Phi) is 5.65. The monoisotopic (exact) mass is 295 g/mol. The molecule has 5 nitrogen and oxygen atoms in total. The molecule has 3 rings (SSSR count). The van der Waals surface area contributed by atoms with E-state index in [0.29, 0.717) is 11.8 Å². The van der Waals surface area contributed by atoms with Gasteiger partial charge < -0.3 is 14.4 Å². The minimum atomic E-state index is -0.590. The molecule has 2 bridgehead atoms. The Bertz CT molecular complexity index is 377. The smallest absolute Gasteiger partial charge is 0.347 e. The molecule has 0 aromatic rings. The average Bonchev–Trinajstić information content (AvgIpc) is 2.77. The summed E-state index contributed by atoms with van der Waals surface area (Å²) in [6.45, 7) is 5.79. The molecule has 1 aliphatic carbocycles. The molecule has 118 valence electrons. The summed E-state index contributed by atoms with van der Waals surface area (Å²) < 4.78 is 9.96. The topological polar surface area (TPSA) is 55.8 Å². The quantitative estimate of drug-likeness (QED) is 0.336. The highest BCUT2D eigenvalue weighted by Crippen LogP contribution is 2.34. The normalized spacial score (nSPS) is 24.2. The van der Waals surface area contributed by atoms with Crippen LogP contribution in [0.15, 0.2) is 11.8 Å². The number of nitrogens with zero attached hydrogens (tertiary/aromatic N) is 1. The number of ether oxygens (including phenoxy) is 2. The van der Waals surface area contributed by atoms with Crippen molar-refractivity contribution in [3.8, 4) is 0 Å². The first-order chi connectivity index (χ1) is 10.1. The lowest BCUT2D eigenvalue weighted by molar-refractivity contribution is -0.146. The number of fused-ring (bicyclic) bond motifs is 4. The largest absolute Gasteiger partial charge is 0.462 e. The Morgan fingerprint density at radius 3 is 1.76 bits per heavy atom. The molecule has 3 aliphatic rings. The number of esters is 2. The van der Waals surface area contributed by atoms with Crippen LogP contribution in [-0.4, -0.2) is 43.1 Å². The Labute approximate surface area is 126 Å². The number of carbonyl (C=O) groups is 2. The second-order valence-electron chi connectivity index (χ2n) is 5.82. The molecule has 0 unspecified atom stereocenters. The first-order valence-electron chi connectivity index (χ1n) is 7.94. The van der Waals surface area contributed by atoms with Gasteiger partial charge in [0.05, 0.1) is 13.2 Å². The van der Waals surface area contributed by atoms with Gasteiger partial charge in [0.15, 0.2) is 5.57 Å². The van der Waals surface area contributed by atoms with Crippen molar-refractivity contribution >= 4 is 11.9 Å². The van der Waals surface area contributed by atoms with Crippen molar-refractivity contribution < 1.29 is 19.1 Å². The molecule has 21 heavy (non-hydrogen) atoms. The maximum absolute atomic E-state index is 12.0. The molecule has 0 aromatic carbocycles. The van der Waals surface area contributed by atoms with Gasteiger partial charge in [-0.15, -0.1) is 0 Å². The lowest BCUT2D eigenvalue weighted by Gasteiger charge is -2.21. The molecule has 5 heteroatoms. The van der Waals surface area contributed by atoms with Crippen LogP contribution in [0.4, 0.5) is 0 Å². The molecule has 2 heterocycles. The van der Waals surface area contributed by atoms with E-state index >= 15 is 0 Å². The third kappa shape index (κ3) is 4.22. The van der Waals surface area contributed by atoms with E-state index in [9.17, 15) is 9.59 Å². The van der Waals surface area contributed by atoms with Crippen molar-refractivity contribution in [2.75, 3.05) is 26.3 Å². The molecule has 2 saturated heterocycles. The van der Waals surface area contributed by atoms with Gasteiger partial charge in [-0.05, 0) is 51.4 Å². The lowest BCUT2D eigenvalue weighted by Crippen LogP contribution is -2.27. The Morgan fingerprint density at radius 1 is 0.952 bits per heavy atom. The lowest BCUT2D eigenvalue weighted by atomic mass is 9.84. The maximum Gasteiger partial charge on any atom is 0.347 e. The molecule has 0 N–H and O–H groups in total. The van der Waals surface area contributed by atoms with Crippen molar-refractivity contribution in [3.63, 3.8) is 0 Å². The molecule has 0 radical (unpaired) electrons. The first kappa shape index (κ1) is 15.9. The van der Waals surface area contributed by atoms with Gasteiger partial charge in [0.2, 0.25) is 0 Å². The van der Waals surface area contributed by atoms with Gasteiger partial charge in [-0.2, -0.15) is 0 Å². The summed E-state index contributed by atoms with van der Waals surface area (Å²) in [6.07, 6.45) is 6.67. The minimum Gasteiger partial charge on any atom is -0.462 e. The molecular weight excluding hydrogens is 270 g/mol. The fraction of sp³-hybridized carbons (Fsp3) is 0.750. The fourth-order valence-corrected chi connectivity index (χ4v) is 3.23. The molecule has 0 spiro atoms. The van der Waals surface area contributed by atoms with Crippen molar-refractivity contribution in [3.05, 3.63) is 11.8 Å². The van der Waals surface area contributed by atoms with E-state index in [4.69, 9.17) is 9.47 Å². The van der Waals surface area contributed by atoms with Crippen LogP contribution in [0.5, 0.6) is 0 Å². The molecule has 2 aliphatic heterocycles. The fourth-order valence-electron chi connectivity index (χ4n) is 3.23. The van der Waals surface area contributed by atoms with Gasteiger partial charge in [0.25, 0.3) is 0 Å². The highest BCUT2D eigenvalue weighted by molar-refractivity contribution is 6.13. The van der Waals surface area contributed by atoms with Crippen molar-refractivity contribution in [2.45, 2.75) is 39.5 Å². The van der Waals surface area contributed by atoms with Crippen LogP contribution in [0.1, 0.15) is 39.5 Å². The van der Waals surface area contributed by atoms with Crippen LogP contribution < -0.4 is 0 Å². The maximum atomic E-state index is 12.0. The summed E-state index contributed by atoms with van der Waals surface area (Å²) in [6, 6.07) is 0. The van der Waals surface area contributed by atoms with E-state index in [1.54, 1.807) is 20.0 Å². The summed E-state index contributed by atoms with van der Waals surface area (Å²) in [5.74, 6) is 0.163. The van der Waals surface area contributed by atoms with Crippen LogP contribution in [0.25, 0.3) is 0 Å². The molecule has 0 atom stereocenters. The SMILES string of the molecule is CCOC(=O)C(=CN1CC2CCC(CC2)C1)C(=O)OCC. The summed E-state index contributed by atoms with van der Waals surface area (Å²) in [4.78, 5) is 26.1. The Hall–Kier alpha value is -1.52. The predicted molar refractivity (Wildman–Crippen MR) is 78.4 cm³/mol. The van der Waals surface area contributed by atoms with Crippen LogP contribution in [0, 0.1) is 11.8 Å². The standard InChI is InChI=1S/C16H25NO4/c1-3-20-15(18)14(16(19)21-4-2)11-17-9-12-5-6-13(10-17)8-7-12/h11-13H,3-10H2,1-2H3. The van der Waals surface area contributed by atoms with Gasteiger partial charge >= 0.3 is 11.9 Å². The summed E-state index contributed by atoms with van der Waals surface area (Å²) in [7, 11) is 0. The van der Waals surface area contributed by atoms with Crippen LogP contribution >= 0.6 is 0 Å². The van der Waals surface area contributed by atoms with E-state index in [1.165, 1.54) is 25.7 Å². The zero-order valence-corrected chi connectivity index (χ0v) is 13.0. The summed E-state index contributed by atoms with van der Waals surface area (Å²) >= 11 is 0. The van der Waals surface area contributed by atoms with Gasteiger partial charge in [-0.1, -0.05) is 0 Å². The van der Waals surface area contributed by atoms with Gasteiger partial charge in [-0.3, -0.25) is 0 Å². The highest BCUT2D eigenvalue weighted by Gasteiger charge is 2.30. The van der Waals surface area contributed by atoms with Gasteiger partial charge in [-0.25, -0.2) is 9.59 Å². The molecular formula is C16H25NO4. The second-order valence-corrected chi connectivity index (χ2v) is 5.82. The highest BCUT2D eigenvalue weighted by atomic mass is 16.6. The third-order valence-electron chi connectivity index (χ3n) is 4.25. The zero-order chi connectivity index (χ0) is 15.2. The van der Waals surface area contributed by atoms with Gasteiger partial charge in [0, 0.05) is 19.3 Å². The number of rotatable bonds is 5. The molecule has 3 fully saturated rings. The number of hydrogen-bond acceptors (Lipinski definition) is 5. The predicted octanol–water partition coefficient (Wildman–Crippen LogP) is 2.12. The van der Waals surface area contributed by atoms with Crippen molar-refractivity contribution in [2.24, 2.45) is 11.8 Å². The third-order valence-corrected chi connectivity index (χ3v) is 4.25.